The number of hydrogen-bond acceptors (Lipinski definition) is 3. The average Bonchev–Trinajstić information content (AvgIpc) is 2.28. The van der Waals surface area contributed by atoms with Crippen LogP contribution in [-0.2, 0) is 4.74 Å². The Morgan fingerprint density at radius 2 is 2.06 bits per heavy atom. The second-order valence-corrected chi connectivity index (χ2v) is 4.46. The van der Waals surface area contributed by atoms with Gasteiger partial charge in [0.15, 0.2) is 0 Å². The summed E-state index contributed by atoms with van der Waals surface area (Å²) in [5, 5.41) is 2.83. The first-order valence-corrected chi connectivity index (χ1v) is 6.38. The SMILES string of the molecule is CCOC(=O)NC(C)CCN1CCCCC1. The van der Waals surface area contributed by atoms with Gasteiger partial charge in [-0.15, -0.1) is 0 Å². The fourth-order valence-corrected chi connectivity index (χ4v) is 2.01. The molecule has 0 aromatic rings. The van der Waals surface area contributed by atoms with Gasteiger partial charge in [-0.25, -0.2) is 4.79 Å². The van der Waals surface area contributed by atoms with Gasteiger partial charge in [-0.05, 0) is 46.2 Å². The molecule has 1 aliphatic heterocycles. The van der Waals surface area contributed by atoms with Crippen LogP contribution >= 0.6 is 0 Å². The molecule has 0 aromatic heterocycles. The van der Waals surface area contributed by atoms with Gasteiger partial charge in [-0.1, -0.05) is 6.42 Å². The lowest BCUT2D eigenvalue weighted by Crippen LogP contribution is -2.38. The molecule has 0 spiro atoms. The van der Waals surface area contributed by atoms with Crippen molar-refractivity contribution in [1.82, 2.24) is 10.2 Å². The largest absolute Gasteiger partial charge is 0.450 e. The van der Waals surface area contributed by atoms with Crippen LogP contribution in [0.3, 0.4) is 0 Å². The van der Waals surface area contributed by atoms with Gasteiger partial charge >= 0.3 is 6.09 Å². The lowest BCUT2D eigenvalue weighted by atomic mass is 10.1. The van der Waals surface area contributed by atoms with Crippen molar-refractivity contribution < 1.29 is 9.53 Å². The third-order valence-electron chi connectivity index (χ3n) is 2.97. The Hall–Kier alpha value is -0.770. The van der Waals surface area contributed by atoms with Gasteiger partial charge in [0.1, 0.15) is 0 Å². The van der Waals surface area contributed by atoms with Crippen LogP contribution in [0, 0.1) is 0 Å². The molecule has 1 unspecified atom stereocenters. The topological polar surface area (TPSA) is 41.6 Å². The van der Waals surface area contributed by atoms with Crippen LogP contribution in [0.15, 0.2) is 0 Å². The van der Waals surface area contributed by atoms with E-state index in [1.807, 2.05) is 13.8 Å². The number of carbonyl (C=O) groups is 1. The van der Waals surface area contributed by atoms with Crippen LogP contribution in [0.2, 0.25) is 0 Å². The third kappa shape index (κ3) is 5.35. The summed E-state index contributed by atoms with van der Waals surface area (Å²) in [6.45, 7) is 7.79. The highest BCUT2D eigenvalue weighted by Crippen LogP contribution is 2.09. The lowest BCUT2D eigenvalue weighted by Gasteiger charge is -2.27. The highest BCUT2D eigenvalue weighted by molar-refractivity contribution is 5.67. The monoisotopic (exact) mass is 228 g/mol. The molecule has 1 amide bonds. The second kappa shape index (κ2) is 7.49. The molecule has 0 radical (unpaired) electrons. The van der Waals surface area contributed by atoms with E-state index in [1.54, 1.807) is 0 Å². The van der Waals surface area contributed by atoms with Crippen LogP contribution in [0.5, 0.6) is 0 Å². The van der Waals surface area contributed by atoms with Gasteiger partial charge < -0.3 is 15.0 Å². The lowest BCUT2D eigenvalue weighted by molar-refractivity contribution is 0.146. The molecule has 94 valence electrons. The molecule has 0 saturated carbocycles. The van der Waals surface area contributed by atoms with E-state index < -0.39 is 0 Å². The maximum absolute atomic E-state index is 11.2. The van der Waals surface area contributed by atoms with Gasteiger partial charge in [-0.3, -0.25) is 0 Å². The summed E-state index contributed by atoms with van der Waals surface area (Å²) in [7, 11) is 0. The number of alkyl carbamates (subject to hydrolysis) is 1. The molecule has 4 nitrogen and oxygen atoms in total. The summed E-state index contributed by atoms with van der Waals surface area (Å²) >= 11 is 0. The van der Waals surface area contributed by atoms with E-state index in [-0.39, 0.29) is 12.1 Å². The van der Waals surface area contributed by atoms with Crippen molar-refractivity contribution >= 4 is 6.09 Å². The number of carbonyl (C=O) groups excluding carboxylic acids is 1. The maximum Gasteiger partial charge on any atom is 0.407 e. The summed E-state index contributed by atoms with van der Waals surface area (Å²) in [5.74, 6) is 0. The molecule has 1 N–H and O–H groups in total. The average molecular weight is 228 g/mol. The first-order valence-electron chi connectivity index (χ1n) is 6.38. The summed E-state index contributed by atoms with van der Waals surface area (Å²) in [6, 6.07) is 0.195. The van der Waals surface area contributed by atoms with Crippen molar-refractivity contribution in [2.24, 2.45) is 0 Å². The summed E-state index contributed by atoms with van der Waals surface area (Å²) < 4.78 is 4.84. The Bertz CT molecular complexity index is 203. The number of hydrogen-bond donors (Lipinski definition) is 1. The van der Waals surface area contributed by atoms with Gasteiger partial charge in [0.2, 0.25) is 0 Å². The number of piperidine rings is 1. The van der Waals surface area contributed by atoms with Crippen LogP contribution in [-0.4, -0.2) is 43.3 Å². The molecule has 1 atom stereocenters. The Morgan fingerprint density at radius 1 is 1.38 bits per heavy atom. The maximum atomic E-state index is 11.2. The van der Waals surface area contributed by atoms with Crippen molar-refractivity contribution in [3.05, 3.63) is 0 Å². The molecule has 0 aromatic carbocycles. The fourth-order valence-electron chi connectivity index (χ4n) is 2.01. The molecule has 0 bridgehead atoms. The van der Waals surface area contributed by atoms with Gasteiger partial charge in [0, 0.05) is 12.6 Å². The predicted molar refractivity (Wildman–Crippen MR) is 64.5 cm³/mol. The number of nitrogens with one attached hydrogen (secondary N) is 1. The molecular formula is C12H24N2O2. The number of ether oxygens (including phenoxy) is 1. The molecule has 1 heterocycles. The smallest absolute Gasteiger partial charge is 0.407 e. The van der Waals surface area contributed by atoms with Crippen molar-refractivity contribution in [2.75, 3.05) is 26.2 Å². The molecular weight excluding hydrogens is 204 g/mol. The number of rotatable bonds is 5. The first-order chi connectivity index (χ1) is 7.72. The molecule has 1 rings (SSSR count). The molecule has 0 aliphatic carbocycles. The van der Waals surface area contributed by atoms with E-state index in [9.17, 15) is 4.79 Å². The Labute approximate surface area is 98.3 Å². The summed E-state index contributed by atoms with van der Waals surface area (Å²) in [5.41, 5.74) is 0. The fraction of sp³-hybridized carbons (Fsp3) is 0.917. The summed E-state index contributed by atoms with van der Waals surface area (Å²) in [4.78, 5) is 13.6. The van der Waals surface area contributed by atoms with Crippen molar-refractivity contribution in [1.29, 1.82) is 0 Å². The second-order valence-electron chi connectivity index (χ2n) is 4.46. The third-order valence-corrected chi connectivity index (χ3v) is 2.97. The minimum atomic E-state index is -0.298. The standard InChI is InChI=1S/C12H24N2O2/c1-3-16-12(15)13-11(2)7-10-14-8-5-4-6-9-14/h11H,3-10H2,1-2H3,(H,13,15). The molecule has 1 fully saturated rings. The zero-order valence-electron chi connectivity index (χ0n) is 10.5. The molecule has 16 heavy (non-hydrogen) atoms. The minimum Gasteiger partial charge on any atom is -0.450 e. The number of nitrogens with zero attached hydrogens (tertiary/aromatic N) is 1. The zero-order chi connectivity index (χ0) is 11.8. The van der Waals surface area contributed by atoms with Crippen LogP contribution in [0.1, 0.15) is 39.5 Å². The van der Waals surface area contributed by atoms with E-state index >= 15 is 0 Å². The van der Waals surface area contributed by atoms with Gasteiger partial charge in [-0.2, -0.15) is 0 Å². The summed E-state index contributed by atoms with van der Waals surface area (Å²) in [6.07, 6.45) is 4.71. The number of likely N-dealkylation sites (tertiary alicyclic amines) is 1. The zero-order valence-corrected chi connectivity index (χ0v) is 10.5. The van der Waals surface area contributed by atoms with E-state index in [1.165, 1.54) is 32.4 Å². The quantitative estimate of drug-likeness (QED) is 0.782. The van der Waals surface area contributed by atoms with E-state index in [0.717, 1.165) is 13.0 Å². The Balaban J connectivity index is 2.08. The normalized spacial score (nSPS) is 19.1. The van der Waals surface area contributed by atoms with Gasteiger partial charge in [0.25, 0.3) is 0 Å². The molecule has 1 aliphatic rings. The van der Waals surface area contributed by atoms with Crippen molar-refractivity contribution in [3.8, 4) is 0 Å². The first kappa shape index (κ1) is 13.3. The van der Waals surface area contributed by atoms with E-state index in [2.05, 4.69) is 10.2 Å². The van der Waals surface area contributed by atoms with Crippen LogP contribution in [0.4, 0.5) is 4.79 Å². The molecule has 4 heteroatoms. The van der Waals surface area contributed by atoms with Crippen molar-refractivity contribution in [2.45, 2.75) is 45.6 Å². The highest BCUT2D eigenvalue weighted by Gasteiger charge is 2.12. The highest BCUT2D eigenvalue weighted by atomic mass is 16.5. The minimum absolute atomic E-state index is 0.195. The van der Waals surface area contributed by atoms with Crippen molar-refractivity contribution in [3.63, 3.8) is 0 Å². The van der Waals surface area contributed by atoms with E-state index in [4.69, 9.17) is 4.74 Å². The van der Waals surface area contributed by atoms with Crippen LogP contribution in [0.25, 0.3) is 0 Å². The molecule has 1 saturated heterocycles. The Morgan fingerprint density at radius 3 is 2.69 bits per heavy atom. The van der Waals surface area contributed by atoms with Gasteiger partial charge in [0.05, 0.1) is 6.61 Å². The predicted octanol–water partition coefficient (Wildman–Crippen LogP) is 2.00. The van der Waals surface area contributed by atoms with Crippen LogP contribution < -0.4 is 5.32 Å². The Kier molecular flexibility index (Phi) is 6.23. The number of amides is 1. The van der Waals surface area contributed by atoms with E-state index in [0.29, 0.717) is 6.61 Å².